The summed E-state index contributed by atoms with van der Waals surface area (Å²) >= 11 is 5.92. The van der Waals surface area contributed by atoms with Gasteiger partial charge >= 0.3 is 0 Å². The average molecular weight is 305 g/mol. The van der Waals surface area contributed by atoms with E-state index in [4.69, 9.17) is 17.4 Å². The minimum Gasteiger partial charge on any atom is -0.368 e. The number of nitrogens with two attached hydrogens (primary N) is 1. The monoisotopic (exact) mass is 304 g/mol. The van der Waals surface area contributed by atoms with E-state index in [-0.39, 0.29) is 0 Å². The first kappa shape index (κ1) is 13.9. The van der Waals surface area contributed by atoms with Crippen molar-refractivity contribution in [3.05, 3.63) is 41.7 Å². The van der Waals surface area contributed by atoms with Crippen LogP contribution in [0.3, 0.4) is 0 Å². The number of nitrogens with zero attached hydrogens (tertiary/aromatic N) is 4. The van der Waals surface area contributed by atoms with Crippen LogP contribution in [0.25, 0.3) is 0 Å². The van der Waals surface area contributed by atoms with Gasteiger partial charge in [0.2, 0.25) is 0 Å². The molecule has 21 heavy (non-hydrogen) atoms. The Balaban J connectivity index is 1.65. The molecule has 0 bridgehead atoms. The molecule has 0 amide bonds. The number of hydrogen-bond donors (Lipinski definition) is 2. The van der Waals surface area contributed by atoms with Crippen LogP contribution in [0.2, 0.25) is 5.02 Å². The number of anilines is 3. The molecule has 1 aromatic heterocycles. The molecule has 0 atom stereocenters. The first-order valence-corrected chi connectivity index (χ1v) is 7.18. The number of benzene rings is 1. The second-order valence-corrected chi connectivity index (χ2v) is 5.29. The van der Waals surface area contributed by atoms with Crippen LogP contribution in [-0.4, -0.2) is 36.1 Å². The number of nitrogen functional groups attached to an aromatic ring is 1. The largest absolute Gasteiger partial charge is 0.368 e. The molecule has 1 aliphatic rings. The summed E-state index contributed by atoms with van der Waals surface area (Å²) in [7, 11) is 0. The standard InChI is InChI=1S/C14H17ClN6/c15-11-1-3-12(4-2-11)20-5-7-21(8-6-20)14-10-17-9-13(18-14)19-16/h1-4,9-10H,5-8,16H2,(H,18,19). The molecule has 3 N–H and O–H groups in total. The lowest BCUT2D eigenvalue weighted by Gasteiger charge is -2.36. The van der Waals surface area contributed by atoms with Gasteiger partial charge < -0.3 is 15.2 Å². The number of piperazine rings is 1. The Morgan fingerprint density at radius 1 is 1.00 bits per heavy atom. The molecule has 7 heteroatoms. The summed E-state index contributed by atoms with van der Waals surface area (Å²) in [5.41, 5.74) is 3.72. The number of hydrogen-bond acceptors (Lipinski definition) is 6. The number of hydrazine groups is 1. The van der Waals surface area contributed by atoms with Gasteiger partial charge in [0.05, 0.1) is 12.4 Å². The minimum atomic E-state index is 0.577. The van der Waals surface area contributed by atoms with E-state index in [1.807, 2.05) is 12.1 Å². The second-order valence-electron chi connectivity index (χ2n) is 4.86. The summed E-state index contributed by atoms with van der Waals surface area (Å²) in [5.74, 6) is 6.79. The molecule has 1 fully saturated rings. The molecular formula is C14H17ClN6. The highest BCUT2D eigenvalue weighted by Gasteiger charge is 2.18. The van der Waals surface area contributed by atoms with Gasteiger partial charge in [0.1, 0.15) is 5.82 Å². The van der Waals surface area contributed by atoms with Crippen LogP contribution in [-0.2, 0) is 0 Å². The quantitative estimate of drug-likeness (QED) is 0.665. The van der Waals surface area contributed by atoms with Crippen LogP contribution in [0, 0.1) is 0 Å². The van der Waals surface area contributed by atoms with Gasteiger partial charge in [-0.05, 0) is 24.3 Å². The van der Waals surface area contributed by atoms with Gasteiger partial charge in [0, 0.05) is 36.9 Å². The van der Waals surface area contributed by atoms with Crippen molar-refractivity contribution in [3.8, 4) is 0 Å². The van der Waals surface area contributed by atoms with Crippen molar-refractivity contribution in [1.29, 1.82) is 0 Å². The molecule has 2 heterocycles. The Hall–Kier alpha value is -2.05. The van der Waals surface area contributed by atoms with Gasteiger partial charge in [-0.25, -0.2) is 10.8 Å². The predicted molar refractivity (Wildman–Crippen MR) is 85.7 cm³/mol. The van der Waals surface area contributed by atoms with Gasteiger partial charge in [0.25, 0.3) is 0 Å². The van der Waals surface area contributed by atoms with Gasteiger partial charge in [-0.1, -0.05) is 11.6 Å². The molecular weight excluding hydrogens is 288 g/mol. The van der Waals surface area contributed by atoms with E-state index >= 15 is 0 Å². The van der Waals surface area contributed by atoms with Gasteiger partial charge in [-0.15, -0.1) is 0 Å². The predicted octanol–water partition coefficient (Wildman–Crippen LogP) is 1.74. The first-order valence-electron chi connectivity index (χ1n) is 6.80. The van der Waals surface area contributed by atoms with Gasteiger partial charge in [-0.3, -0.25) is 4.98 Å². The van der Waals surface area contributed by atoms with Crippen molar-refractivity contribution in [3.63, 3.8) is 0 Å². The van der Waals surface area contributed by atoms with Crippen molar-refractivity contribution in [1.82, 2.24) is 9.97 Å². The lowest BCUT2D eigenvalue weighted by atomic mass is 10.2. The number of rotatable bonds is 3. The van der Waals surface area contributed by atoms with E-state index in [9.17, 15) is 0 Å². The molecule has 1 aromatic carbocycles. The molecule has 0 radical (unpaired) electrons. The third-order valence-corrected chi connectivity index (χ3v) is 3.82. The summed E-state index contributed by atoms with van der Waals surface area (Å²) in [6.45, 7) is 3.66. The molecule has 3 rings (SSSR count). The van der Waals surface area contributed by atoms with E-state index in [1.165, 1.54) is 5.69 Å². The lowest BCUT2D eigenvalue weighted by Crippen LogP contribution is -2.46. The van der Waals surface area contributed by atoms with E-state index in [1.54, 1.807) is 12.4 Å². The van der Waals surface area contributed by atoms with Crippen LogP contribution in [0.15, 0.2) is 36.7 Å². The second kappa shape index (κ2) is 6.15. The highest BCUT2D eigenvalue weighted by Crippen LogP contribution is 2.21. The Morgan fingerprint density at radius 2 is 1.67 bits per heavy atom. The molecule has 0 spiro atoms. The third-order valence-electron chi connectivity index (χ3n) is 3.57. The smallest absolute Gasteiger partial charge is 0.160 e. The van der Waals surface area contributed by atoms with Crippen molar-refractivity contribution in [2.45, 2.75) is 0 Å². The molecule has 110 valence electrons. The van der Waals surface area contributed by atoms with Crippen LogP contribution in [0.5, 0.6) is 0 Å². The fourth-order valence-electron chi connectivity index (χ4n) is 2.42. The topological polar surface area (TPSA) is 70.3 Å². The summed E-state index contributed by atoms with van der Waals surface area (Å²) < 4.78 is 0. The lowest BCUT2D eigenvalue weighted by molar-refractivity contribution is 0.646. The van der Waals surface area contributed by atoms with Crippen molar-refractivity contribution < 1.29 is 0 Å². The zero-order valence-corrected chi connectivity index (χ0v) is 12.3. The van der Waals surface area contributed by atoms with E-state index in [2.05, 4.69) is 37.3 Å². The Bertz CT molecular complexity index is 595. The number of halogens is 1. The first-order chi connectivity index (χ1) is 10.3. The fourth-order valence-corrected chi connectivity index (χ4v) is 2.55. The zero-order chi connectivity index (χ0) is 14.7. The SMILES string of the molecule is NNc1cncc(N2CCN(c3ccc(Cl)cc3)CC2)n1. The molecule has 0 saturated carbocycles. The molecule has 1 aliphatic heterocycles. The van der Waals surface area contributed by atoms with Gasteiger partial charge in [0.15, 0.2) is 5.82 Å². The van der Waals surface area contributed by atoms with Crippen LogP contribution in [0.4, 0.5) is 17.3 Å². The molecule has 2 aromatic rings. The van der Waals surface area contributed by atoms with E-state index in [0.717, 1.165) is 37.0 Å². The maximum absolute atomic E-state index is 5.92. The van der Waals surface area contributed by atoms with Crippen molar-refractivity contribution in [2.75, 3.05) is 41.4 Å². The van der Waals surface area contributed by atoms with Crippen LogP contribution in [0.1, 0.15) is 0 Å². The molecule has 0 aliphatic carbocycles. The highest BCUT2D eigenvalue weighted by molar-refractivity contribution is 6.30. The molecule has 6 nitrogen and oxygen atoms in total. The number of aromatic nitrogens is 2. The Kier molecular flexibility index (Phi) is 4.08. The maximum atomic E-state index is 5.92. The summed E-state index contributed by atoms with van der Waals surface area (Å²) in [4.78, 5) is 13.1. The highest BCUT2D eigenvalue weighted by atomic mass is 35.5. The third kappa shape index (κ3) is 3.17. The van der Waals surface area contributed by atoms with E-state index in [0.29, 0.717) is 5.82 Å². The average Bonchev–Trinajstić information content (AvgIpc) is 2.56. The minimum absolute atomic E-state index is 0.577. The van der Waals surface area contributed by atoms with Crippen LogP contribution < -0.4 is 21.1 Å². The molecule has 1 saturated heterocycles. The Labute approximate surface area is 128 Å². The fraction of sp³-hybridized carbons (Fsp3) is 0.286. The summed E-state index contributed by atoms with van der Waals surface area (Å²) in [5, 5.41) is 0.763. The van der Waals surface area contributed by atoms with E-state index < -0.39 is 0 Å². The molecule has 0 unspecified atom stereocenters. The zero-order valence-electron chi connectivity index (χ0n) is 11.5. The van der Waals surface area contributed by atoms with Crippen molar-refractivity contribution in [2.24, 2.45) is 5.84 Å². The van der Waals surface area contributed by atoms with Crippen LogP contribution >= 0.6 is 11.6 Å². The Morgan fingerprint density at radius 3 is 2.33 bits per heavy atom. The normalized spacial score (nSPS) is 15.1. The number of nitrogens with one attached hydrogen (secondary N) is 1. The maximum Gasteiger partial charge on any atom is 0.160 e. The summed E-state index contributed by atoms with van der Waals surface area (Å²) in [6, 6.07) is 7.95. The summed E-state index contributed by atoms with van der Waals surface area (Å²) in [6.07, 6.45) is 3.37. The van der Waals surface area contributed by atoms with Crippen molar-refractivity contribution >= 4 is 28.9 Å². The van der Waals surface area contributed by atoms with Gasteiger partial charge in [-0.2, -0.15) is 0 Å².